The number of aliphatic hydroxyl groups excluding tert-OH is 4. The first kappa shape index (κ1) is 36.3. The number of hydrogen-bond acceptors (Lipinski definition) is 8. The predicted octanol–water partition coefficient (Wildman–Crippen LogP) is 2.20. The van der Waals surface area contributed by atoms with Crippen molar-refractivity contribution in [3.63, 3.8) is 0 Å². The second-order valence-electron chi connectivity index (χ2n) is 7.86. The van der Waals surface area contributed by atoms with Crippen LogP contribution in [0, 0.1) is 0 Å². The summed E-state index contributed by atoms with van der Waals surface area (Å²) in [6.07, 6.45) is 4.78. The number of ether oxygens (including phenoxy) is 2. The summed E-state index contributed by atoms with van der Waals surface area (Å²) in [6.45, 7) is 8.26. The Labute approximate surface area is 198 Å². The summed E-state index contributed by atoms with van der Waals surface area (Å²) in [5, 5.41) is 51.8. The van der Waals surface area contributed by atoms with Crippen LogP contribution in [0.1, 0.15) is 85.5 Å². The molecule has 0 heterocycles. The zero-order chi connectivity index (χ0) is 26.1. The van der Waals surface area contributed by atoms with Crippen LogP contribution >= 0.6 is 0 Å². The molecule has 0 aromatic carbocycles. The molecule has 200 valence electrons. The van der Waals surface area contributed by atoms with Crippen LogP contribution < -0.4 is 0 Å². The first-order valence-electron chi connectivity index (χ1n) is 11.8. The second-order valence-corrected chi connectivity index (χ2v) is 7.86. The van der Waals surface area contributed by atoms with Crippen molar-refractivity contribution in [3.8, 4) is 0 Å². The first-order chi connectivity index (χ1) is 15.5. The number of hydrogen-bond donors (Lipinski definition) is 6. The fraction of sp³-hybridized carbons (Fsp3) is 0.913. The molecule has 0 aliphatic heterocycles. The molecule has 6 N–H and O–H groups in total. The summed E-state index contributed by atoms with van der Waals surface area (Å²) in [7, 11) is 0. The Morgan fingerprint density at radius 3 is 1.48 bits per heavy atom. The number of aliphatic hydroxyl groups is 4. The molecule has 0 aliphatic rings. The lowest BCUT2D eigenvalue weighted by atomic mass is 10.1. The third-order valence-corrected chi connectivity index (χ3v) is 4.30. The highest BCUT2D eigenvalue weighted by Crippen LogP contribution is 2.04. The minimum absolute atomic E-state index is 0.0104. The summed E-state index contributed by atoms with van der Waals surface area (Å²) in [4.78, 5) is 19.8. The van der Waals surface area contributed by atoms with Crippen molar-refractivity contribution < 1.29 is 49.7 Å². The van der Waals surface area contributed by atoms with Crippen molar-refractivity contribution in [1.29, 1.82) is 0 Å². The van der Waals surface area contributed by atoms with Gasteiger partial charge in [0, 0.05) is 12.8 Å². The molecule has 0 radical (unpaired) electrons. The van der Waals surface area contributed by atoms with Gasteiger partial charge >= 0.3 is 11.9 Å². The summed E-state index contributed by atoms with van der Waals surface area (Å²) < 4.78 is 10.2. The fourth-order valence-electron chi connectivity index (χ4n) is 2.04. The van der Waals surface area contributed by atoms with E-state index in [4.69, 9.17) is 35.0 Å². The van der Waals surface area contributed by atoms with Crippen molar-refractivity contribution in [2.75, 3.05) is 26.4 Å². The van der Waals surface area contributed by atoms with Crippen LogP contribution in [0.25, 0.3) is 0 Å². The van der Waals surface area contributed by atoms with E-state index in [-0.39, 0.29) is 44.4 Å². The maximum atomic E-state index is 9.90. The van der Waals surface area contributed by atoms with Crippen LogP contribution in [-0.4, -0.2) is 93.4 Å². The van der Waals surface area contributed by atoms with Gasteiger partial charge in [-0.2, -0.15) is 0 Å². The van der Waals surface area contributed by atoms with Crippen molar-refractivity contribution in [2.24, 2.45) is 0 Å². The highest BCUT2D eigenvalue weighted by Gasteiger charge is 2.06. The minimum Gasteiger partial charge on any atom is -0.481 e. The lowest BCUT2D eigenvalue weighted by Gasteiger charge is -2.14. The van der Waals surface area contributed by atoms with Gasteiger partial charge in [-0.1, -0.05) is 33.1 Å². The van der Waals surface area contributed by atoms with Gasteiger partial charge in [0.05, 0.1) is 50.8 Å². The van der Waals surface area contributed by atoms with Gasteiger partial charge in [0.1, 0.15) is 0 Å². The van der Waals surface area contributed by atoms with E-state index in [0.717, 1.165) is 19.3 Å². The van der Waals surface area contributed by atoms with E-state index < -0.39 is 18.0 Å². The molecule has 0 amide bonds. The lowest BCUT2D eigenvalue weighted by Crippen LogP contribution is -2.21. The molecule has 4 unspecified atom stereocenters. The maximum Gasteiger partial charge on any atom is 0.303 e. The molecule has 0 fully saturated rings. The van der Waals surface area contributed by atoms with Gasteiger partial charge < -0.3 is 40.1 Å². The van der Waals surface area contributed by atoms with E-state index in [1.807, 2.05) is 6.92 Å². The van der Waals surface area contributed by atoms with Crippen molar-refractivity contribution in [1.82, 2.24) is 0 Å². The van der Waals surface area contributed by atoms with Gasteiger partial charge in [0.25, 0.3) is 0 Å². The first-order valence-corrected chi connectivity index (χ1v) is 11.8. The van der Waals surface area contributed by atoms with Gasteiger partial charge in [-0.25, -0.2) is 0 Å². The summed E-state index contributed by atoms with van der Waals surface area (Å²) in [5.74, 6) is -1.74. The Hall–Kier alpha value is -1.30. The van der Waals surface area contributed by atoms with Crippen LogP contribution in [0.5, 0.6) is 0 Å². The van der Waals surface area contributed by atoms with Crippen LogP contribution in [-0.2, 0) is 19.1 Å². The van der Waals surface area contributed by atoms with Gasteiger partial charge in [-0.05, 0) is 39.5 Å². The maximum absolute atomic E-state index is 9.90. The number of aliphatic carboxylic acids is 2. The number of carboxylic acid groups (broad SMARTS) is 2. The van der Waals surface area contributed by atoms with Crippen LogP contribution in [0.2, 0.25) is 0 Å². The van der Waals surface area contributed by atoms with Crippen molar-refractivity contribution in [2.45, 2.75) is 110 Å². The van der Waals surface area contributed by atoms with Crippen molar-refractivity contribution >= 4 is 11.9 Å². The Kier molecular flexibility index (Phi) is 29.6. The fourth-order valence-corrected chi connectivity index (χ4v) is 2.04. The zero-order valence-corrected chi connectivity index (χ0v) is 20.8. The molecule has 0 aromatic heterocycles. The molecule has 0 saturated carbocycles. The van der Waals surface area contributed by atoms with Crippen LogP contribution in [0.15, 0.2) is 0 Å². The number of unbranched alkanes of at least 4 members (excludes halogenated alkanes) is 3. The molecule has 0 saturated heterocycles. The Morgan fingerprint density at radius 2 is 1.15 bits per heavy atom. The number of carbonyl (C=O) groups is 2. The van der Waals surface area contributed by atoms with E-state index in [1.165, 1.54) is 6.42 Å². The molecule has 0 bridgehead atoms. The molecule has 10 nitrogen and oxygen atoms in total. The largest absolute Gasteiger partial charge is 0.481 e. The van der Waals surface area contributed by atoms with Crippen LogP contribution in [0.4, 0.5) is 0 Å². The topological polar surface area (TPSA) is 174 Å². The Bertz CT molecular complexity index is 407. The second kappa shape index (κ2) is 26.9. The average Bonchev–Trinajstić information content (AvgIpc) is 2.79. The Morgan fingerprint density at radius 1 is 0.727 bits per heavy atom. The van der Waals surface area contributed by atoms with Gasteiger partial charge in [0.15, 0.2) is 0 Å². The molecule has 4 atom stereocenters. The third kappa shape index (κ3) is 35.5. The molecular weight excluding hydrogens is 436 g/mol. The quantitative estimate of drug-likeness (QED) is 0.158. The molecule has 0 rings (SSSR count). The van der Waals surface area contributed by atoms with Gasteiger partial charge in [-0.3, -0.25) is 9.59 Å². The van der Waals surface area contributed by atoms with Gasteiger partial charge in [-0.15, -0.1) is 0 Å². The highest BCUT2D eigenvalue weighted by molar-refractivity contribution is 5.67. The molecular formula is C23H48O10. The summed E-state index contributed by atoms with van der Waals surface area (Å²) in [5.41, 5.74) is 0. The van der Waals surface area contributed by atoms with E-state index in [0.29, 0.717) is 32.5 Å². The zero-order valence-electron chi connectivity index (χ0n) is 20.8. The molecule has 10 heteroatoms. The third-order valence-electron chi connectivity index (χ3n) is 4.30. The molecule has 0 aromatic rings. The van der Waals surface area contributed by atoms with Crippen molar-refractivity contribution in [3.05, 3.63) is 0 Å². The van der Waals surface area contributed by atoms with E-state index >= 15 is 0 Å². The summed E-state index contributed by atoms with van der Waals surface area (Å²) >= 11 is 0. The lowest BCUT2D eigenvalue weighted by molar-refractivity contribution is -0.139. The SMILES string of the molecule is CCC(O)COC(C)CO.CCCCCC(O)COC(C)CO.O=C(O)CCCCC(=O)O. The average molecular weight is 485 g/mol. The number of carboxylic acids is 2. The molecule has 33 heavy (non-hydrogen) atoms. The Balaban J connectivity index is -0.000000415. The standard InChI is InChI=1S/C10H22O3.C7H16O3.C6H10O4/c1-3-4-5-6-10(12)8-13-9(2)7-11;1-3-7(9)5-10-6(2)4-8;7-5(8)3-1-2-4-6(9)10/h9-12H,3-8H2,1-2H3;6-9H,3-5H2,1-2H3;1-4H2,(H,7,8)(H,9,10). The molecule has 0 aliphatic carbocycles. The van der Waals surface area contributed by atoms with Gasteiger partial charge in [0.2, 0.25) is 0 Å². The van der Waals surface area contributed by atoms with E-state index in [9.17, 15) is 14.7 Å². The summed E-state index contributed by atoms with van der Waals surface area (Å²) in [6, 6.07) is 0. The molecule has 0 spiro atoms. The predicted molar refractivity (Wildman–Crippen MR) is 125 cm³/mol. The smallest absolute Gasteiger partial charge is 0.303 e. The number of rotatable bonds is 18. The highest BCUT2D eigenvalue weighted by atomic mass is 16.5. The monoisotopic (exact) mass is 484 g/mol. The van der Waals surface area contributed by atoms with E-state index in [2.05, 4.69) is 6.92 Å². The van der Waals surface area contributed by atoms with E-state index in [1.54, 1.807) is 13.8 Å². The minimum atomic E-state index is -0.870. The normalized spacial score (nSPS) is 14.1. The van der Waals surface area contributed by atoms with Crippen LogP contribution in [0.3, 0.4) is 0 Å².